The number of hydrogen-bond acceptors (Lipinski definition) is 6. The topological polar surface area (TPSA) is 86.5 Å². The van der Waals surface area contributed by atoms with E-state index in [1.54, 1.807) is 27.2 Å². The van der Waals surface area contributed by atoms with Crippen LogP contribution in [-0.2, 0) is 5.41 Å². The average molecular weight is 345 g/mol. The highest BCUT2D eigenvalue weighted by Crippen LogP contribution is 2.33. The highest BCUT2D eigenvalue weighted by atomic mass is 16.6. The predicted octanol–water partition coefficient (Wildman–Crippen LogP) is 3.71. The maximum absolute atomic E-state index is 10.9. The van der Waals surface area contributed by atoms with Gasteiger partial charge >= 0.3 is 0 Å². The highest BCUT2D eigenvalue weighted by molar-refractivity contribution is 5.48. The summed E-state index contributed by atoms with van der Waals surface area (Å²) in [6, 6.07) is 7.51. The molecule has 0 fully saturated rings. The van der Waals surface area contributed by atoms with Crippen LogP contribution in [0.1, 0.15) is 25.0 Å². The van der Waals surface area contributed by atoms with E-state index in [0.29, 0.717) is 29.4 Å². The van der Waals surface area contributed by atoms with Gasteiger partial charge in [0, 0.05) is 17.5 Å². The number of benzene rings is 1. The minimum absolute atomic E-state index is 0.0182. The fourth-order valence-corrected chi connectivity index (χ4v) is 2.51. The molecule has 2 aromatic rings. The van der Waals surface area contributed by atoms with Crippen LogP contribution in [-0.4, -0.2) is 30.7 Å². The van der Waals surface area contributed by atoms with Gasteiger partial charge in [-0.05, 0) is 30.7 Å². The Morgan fingerprint density at radius 3 is 2.44 bits per heavy atom. The Labute approximate surface area is 147 Å². The van der Waals surface area contributed by atoms with Crippen LogP contribution in [0, 0.1) is 17.0 Å². The van der Waals surface area contributed by atoms with Crippen LogP contribution < -0.4 is 14.8 Å². The maximum Gasteiger partial charge on any atom is 0.290 e. The van der Waals surface area contributed by atoms with E-state index in [9.17, 15) is 10.1 Å². The lowest BCUT2D eigenvalue weighted by Gasteiger charge is -2.27. The van der Waals surface area contributed by atoms with Crippen molar-refractivity contribution in [1.82, 2.24) is 4.98 Å². The molecule has 1 N–H and O–H groups in total. The van der Waals surface area contributed by atoms with Gasteiger partial charge in [-0.15, -0.1) is 0 Å². The summed E-state index contributed by atoms with van der Waals surface area (Å²) in [7, 11) is 3.21. The van der Waals surface area contributed by atoms with Crippen molar-refractivity contribution in [1.29, 1.82) is 0 Å². The molecule has 0 radical (unpaired) electrons. The smallest absolute Gasteiger partial charge is 0.290 e. The SMILES string of the molecule is COc1ccc(C(C)(C)CNc2cc(C)c([N+](=O)[O-])cn2)cc1OC. The fraction of sp³-hybridized carbons (Fsp3) is 0.389. The second kappa shape index (κ2) is 7.38. The number of hydrogen-bond donors (Lipinski definition) is 1. The molecule has 2 rings (SSSR count). The summed E-state index contributed by atoms with van der Waals surface area (Å²) in [4.78, 5) is 14.6. The van der Waals surface area contributed by atoms with Crippen LogP contribution in [0.25, 0.3) is 0 Å². The molecule has 0 spiro atoms. The third-order valence-electron chi connectivity index (χ3n) is 4.16. The van der Waals surface area contributed by atoms with E-state index >= 15 is 0 Å². The summed E-state index contributed by atoms with van der Waals surface area (Å²) in [6.07, 6.45) is 1.28. The Morgan fingerprint density at radius 2 is 1.88 bits per heavy atom. The molecule has 0 atom stereocenters. The molecule has 1 aromatic carbocycles. The van der Waals surface area contributed by atoms with E-state index in [-0.39, 0.29) is 11.1 Å². The van der Waals surface area contributed by atoms with E-state index in [2.05, 4.69) is 24.1 Å². The summed E-state index contributed by atoms with van der Waals surface area (Å²) in [5, 5.41) is 14.1. The number of ether oxygens (including phenoxy) is 2. The van der Waals surface area contributed by atoms with Gasteiger partial charge in [0.1, 0.15) is 12.0 Å². The van der Waals surface area contributed by atoms with Gasteiger partial charge in [0.25, 0.3) is 5.69 Å². The number of rotatable bonds is 7. The lowest BCUT2D eigenvalue weighted by atomic mass is 9.84. The summed E-state index contributed by atoms with van der Waals surface area (Å²) in [5.74, 6) is 1.97. The van der Waals surface area contributed by atoms with Gasteiger partial charge in [-0.1, -0.05) is 19.9 Å². The number of nitrogens with zero attached hydrogens (tertiary/aromatic N) is 2. The number of methoxy groups -OCH3 is 2. The Bertz CT molecular complexity index is 775. The van der Waals surface area contributed by atoms with E-state index in [0.717, 1.165) is 5.56 Å². The molecular weight excluding hydrogens is 322 g/mol. The summed E-state index contributed by atoms with van der Waals surface area (Å²) in [5.41, 5.74) is 1.46. The first-order valence-electron chi connectivity index (χ1n) is 7.86. The molecule has 0 aliphatic heterocycles. The number of nitrogens with one attached hydrogen (secondary N) is 1. The van der Waals surface area contributed by atoms with Crippen molar-refractivity contribution in [3.63, 3.8) is 0 Å². The summed E-state index contributed by atoms with van der Waals surface area (Å²) >= 11 is 0. The van der Waals surface area contributed by atoms with Gasteiger partial charge in [-0.3, -0.25) is 10.1 Å². The summed E-state index contributed by atoms with van der Waals surface area (Å²) < 4.78 is 10.6. The van der Waals surface area contributed by atoms with Crippen molar-refractivity contribution >= 4 is 11.5 Å². The Balaban J connectivity index is 2.16. The van der Waals surface area contributed by atoms with Crippen LogP contribution in [0.4, 0.5) is 11.5 Å². The monoisotopic (exact) mass is 345 g/mol. The largest absolute Gasteiger partial charge is 0.493 e. The third-order valence-corrected chi connectivity index (χ3v) is 4.16. The number of aromatic nitrogens is 1. The van der Waals surface area contributed by atoms with E-state index in [1.165, 1.54) is 6.20 Å². The lowest BCUT2D eigenvalue weighted by molar-refractivity contribution is -0.385. The third kappa shape index (κ3) is 4.17. The van der Waals surface area contributed by atoms with Gasteiger partial charge in [-0.2, -0.15) is 0 Å². The van der Waals surface area contributed by atoms with Crippen LogP contribution in [0.3, 0.4) is 0 Å². The molecule has 0 unspecified atom stereocenters. The normalized spacial score (nSPS) is 11.1. The highest BCUT2D eigenvalue weighted by Gasteiger charge is 2.23. The molecule has 25 heavy (non-hydrogen) atoms. The molecule has 7 nitrogen and oxygen atoms in total. The molecule has 134 valence electrons. The van der Waals surface area contributed by atoms with Crippen molar-refractivity contribution in [2.75, 3.05) is 26.1 Å². The van der Waals surface area contributed by atoms with Crippen LogP contribution in [0.5, 0.6) is 11.5 Å². The Hall–Kier alpha value is -2.83. The number of anilines is 1. The van der Waals surface area contributed by atoms with Crippen molar-refractivity contribution < 1.29 is 14.4 Å². The van der Waals surface area contributed by atoms with E-state index < -0.39 is 4.92 Å². The molecule has 0 aliphatic carbocycles. The zero-order chi connectivity index (χ0) is 18.6. The van der Waals surface area contributed by atoms with Crippen LogP contribution in [0.2, 0.25) is 0 Å². The first kappa shape index (κ1) is 18.5. The first-order valence-corrected chi connectivity index (χ1v) is 7.86. The van der Waals surface area contributed by atoms with Crippen molar-refractivity contribution in [3.8, 4) is 11.5 Å². The van der Waals surface area contributed by atoms with E-state index in [4.69, 9.17) is 9.47 Å². The Morgan fingerprint density at radius 1 is 1.20 bits per heavy atom. The van der Waals surface area contributed by atoms with Crippen molar-refractivity contribution in [2.24, 2.45) is 0 Å². The second-order valence-electron chi connectivity index (χ2n) is 6.42. The van der Waals surface area contributed by atoms with Gasteiger partial charge < -0.3 is 14.8 Å². The molecule has 0 saturated carbocycles. The average Bonchev–Trinajstić information content (AvgIpc) is 2.59. The molecule has 0 bridgehead atoms. The number of nitro groups is 1. The fourth-order valence-electron chi connectivity index (χ4n) is 2.51. The first-order chi connectivity index (χ1) is 11.8. The van der Waals surface area contributed by atoms with Gasteiger partial charge in [-0.25, -0.2) is 4.98 Å². The molecule has 0 aliphatic rings. The maximum atomic E-state index is 10.9. The van der Waals surface area contributed by atoms with Crippen molar-refractivity contribution in [3.05, 3.63) is 51.7 Å². The van der Waals surface area contributed by atoms with Gasteiger partial charge in [0.2, 0.25) is 0 Å². The quantitative estimate of drug-likeness (QED) is 0.608. The minimum atomic E-state index is -0.431. The molecule has 1 heterocycles. The lowest BCUT2D eigenvalue weighted by Crippen LogP contribution is -2.28. The molecule has 1 aromatic heterocycles. The molecule has 0 amide bonds. The van der Waals surface area contributed by atoms with Crippen molar-refractivity contribution in [2.45, 2.75) is 26.2 Å². The minimum Gasteiger partial charge on any atom is -0.493 e. The van der Waals surface area contributed by atoms with Crippen LogP contribution in [0.15, 0.2) is 30.5 Å². The Kier molecular flexibility index (Phi) is 5.46. The standard InChI is InChI=1S/C18H23N3O4/c1-12-8-17(19-10-14(12)21(22)23)20-11-18(2,3)13-6-7-15(24-4)16(9-13)25-5/h6-10H,11H2,1-5H3,(H,19,20). The number of aryl methyl sites for hydroxylation is 1. The van der Waals surface area contributed by atoms with E-state index in [1.807, 2.05) is 18.2 Å². The zero-order valence-electron chi connectivity index (χ0n) is 15.1. The zero-order valence-corrected chi connectivity index (χ0v) is 15.1. The van der Waals surface area contributed by atoms with Crippen LogP contribution >= 0.6 is 0 Å². The molecule has 7 heteroatoms. The number of pyridine rings is 1. The van der Waals surface area contributed by atoms with Gasteiger partial charge in [0.05, 0.1) is 19.1 Å². The molecule has 0 saturated heterocycles. The predicted molar refractivity (Wildman–Crippen MR) is 96.7 cm³/mol. The second-order valence-corrected chi connectivity index (χ2v) is 6.42. The van der Waals surface area contributed by atoms with Gasteiger partial charge in [0.15, 0.2) is 11.5 Å². The summed E-state index contributed by atoms with van der Waals surface area (Å²) in [6.45, 7) is 6.50. The molecular formula is C18H23N3O4.